The van der Waals surface area contributed by atoms with Gasteiger partial charge in [0.1, 0.15) is 5.76 Å². The Morgan fingerprint density at radius 1 is 1.24 bits per heavy atom. The summed E-state index contributed by atoms with van der Waals surface area (Å²) in [7, 11) is 3.11. The second-order valence-electron chi connectivity index (χ2n) is 4.54. The standard InChI is InChI=1S/C15H18N2O4/c1-9-13(21-10(2)16-9)8-15(18)17-11-5-6-12(19-3)14(7-11)20-4/h5-7H,8H2,1-4H3,(H,17,18). The molecule has 2 rings (SSSR count). The van der Waals surface area contributed by atoms with Crippen molar-refractivity contribution in [3.05, 3.63) is 35.5 Å². The molecular weight excluding hydrogens is 272 g/mol. The van der Waals surface area contributed by atoms with Crippen molar-refractivity contribution in [1.29, 1.82) is 0 Å². The number of anilines is 1. The van der Waals surface area contributed by atoms with Gasteiger partial charge in [-0.25, -0.2) is 4.98 Å². The first-order chi connectivity index (χ1) is 10.0. The maximum atomic E-state index is 12.0. The number of ether oxygens (including phenoxy) is 2. The number of benzene rings is 1. The van der Waals surface area contributed by atoms with E-state index >= 15 is 0 Å². The van der Waals surface area contributed by atoms with Crippen LogP contribution in [0.1, 0.15) is 17.3 Å². The molecule has 0 saturated heterocycles. The molecule has 0 aliphatic rings. The van der Waals surface area contributed by atoms with Gasteiger partial charge in [-0.2, -0.15) is 0 Å². The molecule has 6 heteroatoms. The van der Waals surface area contributed by atoms with Crippen molar-refractivity contribution in [2.75, 3.05) is 19.5 Å². The number of amides is 1. The van der Waals surface area contributed by atoms with Gasteiger partial charge in [0.25, 0.3) is 0 Å². The number of hydrogen-bond acceptors (Lipinski definition) is 5. The second-order valence-corrected chi connectivity index (χ2v) is 4.54. The van der Waals surface area contributed by atoms with Crippen LogP contribution >= 0.6 is 0 Å². The number of carbonyl (C=O) groups excluding carboxylic acids is 1. The van der Waals surface area contributed by atoms with Crippen molar-refractivity contribution >= 4 is 11.6 Å². The Hall–Kier alpha value is -2.50. The molecule has 1 amide bonds. The fraction of sp³-hybridized carbons (Fsp3) is 0.333. The highest BCUT2D eigenvalue weighted by Gasteiger charge is 2.13. The van der Waals surface area contributed by atoms with Gasteiger partial charge >= 0.3 is 0 Å². The number of carbonyl (C=O) groups is 1. The number of aromatic nitrogens is 1. The van der Waals surface area contributed by atoms with E-state index in [1.165, 1.54) is 0 Å². The predicted molar refractivity (Wildman–Crippen MR) is 77.9 cm³/mol. The van der Waals surface area contributed by atoms with Gasteiger partial charge in [0, 0.05) is 18.7 Å². The minimum Gasteiger partial charge on any atom is -0.493 e. The number of nitrogens with zero attached hydrogens (tertiary/aromatic N) is 1. The van der Waals surface area contributed by atoms with Crippen LogP contribution < -0.4 is 14.8 Å². The smallest absolute Gasteiger partial charge is 0.232 e. The molecule has 1 heterocycles. The van der Waals surface area contributed by atoms with E-state index in [1.54, 1.807) is 39.3 Å². The Morgan fingerprint density at radius 3 is 2.52 bits per heavy atom. The van der Waals surface area contributed by atoms with Gasteiger partial charge in [-0.1, -0.05) is 0 Å². The molecule has 21 heavy (non-hydrogen) atoms. The first-order valence-corrected chi connectivity index (χ1v) is 6.48. The zero-order valence-electron chi connectivity index (χ0n) is 12.5. The van der Waals surface area contributed by atoms with E-state index < -0.39 is 0 Å². The minimum atomic E-state index is -0.179. The molecule has 0 spiro atoms. The number of hydrogen-bond donors (Lipinski definition) is 1. The van der Waals surface area contributed by atoms with E-state index in [0.29, 0.717) is 28.8 Å². The molecule has 0 bridgehead atoms. The number of oxazole rings is 1. The highest BCUT2D eigenvalue weighted by atomic mass is 16.5. The second kappa shape index (κ2) is 6.30. The first-order valence-electron chi connectivity index (χ1n) is 6.48. The molecule has 112 valence electrons. The highest BCUT2D eigenvalue weighted by Crippen LogP contribution is 2.29. The summed E-state index contributed by atoms with van der Waals surface area (Å²) in [5.41, 5.74) is 1.36. The van der Waals surface area contributed by atoms with E-state index in [2.05, 4.69) is 10.3 Å². The van der Waals surface area contributed by atoms with Gasteiger partial charge in [-0.05, 0) is 19.1 Å². The molecule has 1 N–H and O–H groups in total. The summed E-state index contributed by atoms with van der Waals surface area (Å²) in [6.07, 6.45) is 0.140. The molecule has 0 atom stereocenters. The van der Waals surface area contributed by atoms with Crippen LogP contribution in [-0.4, -0.2) is 25.1 Å². The fourth-order valence-electron chi connectivity index (χ4n) is 2.00. The highest BCUT2D eigenvalue weighted by molar-refractivity contribution is 5.92. The quantitative estimate of drug-likeness (QED) is 0.915. The van der Waals surface area contributed by atoms with Gasteiger partial charge in [-0.15, -0.1) is 0 Å². The molecular formula is C15H18N2O4. The summed E-state index contributed by atoms with van der Waals surface area (Å²) >= 11 is 0. The monoisotopic (exact) mass is 290 g/mol. The molecule has 1 aromatic carbocycles. The lowest BCUT2D eigenvalue weighted by Crippen LogP contribution is -2.14. The van der Waals surface area contributed by atoms with E-state index in [9.17, 15) is 4.79 Å². The van der Waals surface area contributed by atoms with Crippen molar-refractivity contribution in [3.63, 3.8) is 0 Å². The van der Waals surface area contributed by atoms with Crippen LogP contribution in [0.4, 0.5) is 5.69 Å². The van der Waals surface area contributed by atoms with Gasteiger partial charge in [0.05, 0.1) is 26.3 Å². The Labute approximate surface area is 123 Å². The Kier molecular flexibility index (Phi) is 4.47. The predicted octanol–water partition coefficient (Wildman–Crippen LogP) is 2.49. The van der Waals surface area contributed by atoms with Gasteiger partial charge in [-0.3, -0.25) is 4.79 Å². The number of methoxy groups -OCH3 is 2. The number of aryl methyl sites for hydroxylation is 2. The van der Waals surface area contributed by atoms with E-state index in [-0.39, 0.29) is 12.3 Å². The molecule has 2 aromatic rings. The summed E-state index contributed by atoms with van der Waals surface area (Å²) in [5, 5.41) is 2.79. The summed E-state index contributed by atoms with van der Waals surface area (Å²) in [6, 6.07) is 5.19. The van der Waals surface area contributed by atoms with Gasteiger partial charge in [0.2, 0.25) is 5.91 Å². The third-order valence-electron chi connectivity index (χ3n) is 2.99. The summed E-state index contributed by atoms with van der Waals surface area (Å²) in [5.74, 6) is 2.12. The van der Waals surface area contributed by atoms with E-state index in [4.69, 9.17) is 13.9 Å². The number of nitrogens with one attached hydrogen (secondary N) is 1. The summed E-state index contributed by atoms with van der Waals surface area (Å²) < 4.78 is 15.7. The van der Waals surface area contributed by atoms with Crippen molar-refractivity contribution in [3.8, 4) is 11.5 Å². The van der Waals surface area contributed by atoms with E-state index in [0.717, 1.165) is 5.69 Å². The maximum absolute atomic E-state index is 12.0. The van der Waals surface area contributed by atoms with Crippen molar-refractivity contribution in [2.45, 2.75) is 20.3 Å². The topological polar surface area (TPSA) is 73.6 Å². The maximum Gasteiger partial charge on any atom is 0.232 e. The number of rotatable bonds is 5. The molecule has 0 fully saturated rings. The van der Waals surface area contributed by atoms with Crippen LogP contribution in [0.5, 0.6) is 11.5 Å². The average Bonchev–Trinajstić information content (AvgIpc) is 2.76. The lowest BCUT2D eigenvalue weighted by molar-refractivity contribution is -0.115. The lowest BCUT2D eigenvalue weighted by atomic mass is 10.2. The van der Waals surface area contributed by atoms with Crippen molar-refractivity contribution in [1.82, 2.24) is 4.98 Å². The SMILES string of the molecule is COc1ccc(NC(=O)Cc2oc(C)nc2C)cc1OC. The molecule has 0 saturated carbocycles. The fourth-order valence-corrected chi connectivity index (χ4v) is 2.00. The van der Waals surface area contributed by atoms with Gasteiger partial charge in [0.15, 0.2) is 17.4 Å². The zero-order chi connectivity index (χ0) is 15.4. The normalized spacial score (nSPS) is 10.3. The van der Waals surface area contributed by atoms with Crippen LogP contribution in [0.15, 0.2) is 22.6 Å². The van der Waals surface area contributed by atoms with Crippen LogP contribution in [0.3, 0.4) is 0 Å². The van der Waals surface area contributed by atoms with Crippen LogP contribution in [-0.2, 0) is 11.2 Å². The van der Waals surface area contributed by atoms with E-state index in [1.807, 2.05) is 6.92 Å². The molecule has 0 radical (unpaired) electrons. The van der Waals surface area contributed by atoms with Crippen molar-refractivity contribution in [2.24, 2.45) is 0 Å². The lowest BCUT2D eigenvalue weighted by Gasteiger charge is -2.10. The van der Waals surface area contributed by atoms with Gasteiger partial charge < -0.3 is 19.2 Å². The third kappa shape index (κ3) is 3.53. The Morgan fingerprint density at radius 2 is 1.95 bits per heavy atom. The zero-order valence-corrected chi connectivity index (χ0v) is 12.5. The summed E-state index contributed by atoms with van der Waals surface area (Å²) in [4.78, 5) is 16.2. The first kappa shape index (κ1) is 14.9. The molecule has 1 aromatic heterocycles. The van der Waals surface area contributed by atoms with Crippen LogP contribution in [0, 0.1) is 13.8 Å². The molecule has 0 aliphatic heterocycles. The van der Waals surface area contributed by atoms with Crippen LogP contribution in [0.25, 0.3) is 0 Å². The third-order valence-corrected chi connectivity index (χ3v) is 2.99. The largest absolute Gasteiger partial charge is 0.493 e. The molecule has 0 unspecified atom stereocenters. The Balaban J connectivity index is 2.07. The molecule has 0 aliphatic carbocycles. The average molecular weight is 290 g/mol. The molecule has 6 nitrogen and oxygen atoms in total. The Bertz CT molecular complexity index is 649. The van der Waals surface area contributed by atoms with Crippen molar-refractivity contribution < 1.29 is 18.7 Å². The van der Waals surface area contributed by atoms with Crippen LogP contribution in [0.2, 0.25) is 0 Å². The minimum absolute atomic E-state index is 0.140. The summed E-state index contributed by atoms with van der Waals surface area (Å²) in [6.45, 7) is 3.57.